The van der Waals surface area contributed by atoms with Gasteiger partial charge in [0.15, 0.2) is 6.17 Å². The fraction of sp³-hybridized carbons (Fsp3) is 0.391. The van der Waals surface area contributed by atoms with E-state index >= 15 is 0 Å². The number of anilines is 2. The van der Waals surface area contributed by atoms with E-state index in [1.54, 1.807) is 41.3 Å². The number of amides is 4. The van der Waals surface area contributed by atoms with Gasteiger partial charge in [-0.05, 0) is 50.5 Å². The summed E-state index contributed by atoms with van der Waals surface area (Å²) in [5.41, 5.74) is 0.371. The molecule has 0 saturated carbocycles. The lowest BCUT2D eigenvalue weighted by Gasteiger charge is -2.38. The molecule has 2 aromatic rings. The molecule has 1 atom stereocenters. The first-order valence-corrected chi connectivity index (χ1v) is 10.2. The standard InChI is InChI=1S/C23H30N4O3/c1-17(2)15-16-25-22(29)26(19-13-9-6-10-14-19)20(23(25,3)4)27(30)21(28)24-18-11-7-5-8-12-18/h5-14,17,20,30H,15-16H2,1-4H3,(H,24,28). The molecule has 3 rings (SSSR count). The van der Waals surface area contributed by atoms with Crippen LogP contribution in [-0.2, 0) is 0 Å². The zero-order chi connectivity index (χ0) is 21.9. The van der Waals surface area contributed by atoms with E-state index in [2.05, 4.69) is 19.2 Å². The zero-order valence-electron chi connectivity index (χ0n) is 17.9. The molecule has 7 heteroatoms. The van der Waals surface area contributed by atoms with Crippen LogP contribution in [0.15, 0.2) is 60.7 Å². The van der Waals surface area contributed by atoms with Gasteiger partial charge in [0.25, 0.3) is 0 Å². The van der Waals surface area contributed by atoms with Crippen molar-refractivity contribution in [1.29, 1.82) is 0 Å². The normalized spacial score (nSPS) is 18.1. The molecule has 160 valence electrons. The number of para-hydroxylation sites is 2. The Morgan fingerprint density at radius 1 is 1.10 bits per heavy atom. The number of benzene rings is 2. The average molecular weight is 411 g/mol. The number of hydrogen-bond acceptors (Lipinski definition) is 3. The van der Waals surface area contributed by atoms with Crippen LogP contribution in [0.5, 0.6) is 0 Å². The van der Waals surface area contributed by atoms with Gasteiger partial charge in [-0.15, -0.1) is 0 Å². The number of hydrogen-bond donors (Lipinski definition) is 2. The van der Waals surface area contributed by atoms with Crippen molar-refractivity contribution in [3.05, 3.63) is 60.7 Å². The lowest BCUT2D eigenvalue weighted by molar-refractivity contribution is -0.0950. The monoisotopic (exact) mass is 410 g/mol. The van der Waals surface area contributed by atoms with Gasteiger partial charge in [0.2, 0.25) is 0 Å². The van der Waals surface area contributed by atoms with E-state index in [9.17, 15) is 14.8 Å². The lowest BCUT2D eigenvalue weighted by atomic mass is 9.98. The van der Waals surface area contributed by atoms with Gasteiger partial charge in [-0.3, -0.25) is 10.1 Å². The van der Waals surface area contributed by atoms with Gasteiger partial charge in [-0.2, -0.15) is 5.06 Å². The molecule has 2 aromatic carbocycles. The van der Waals surface area contributed by atoms with Gasteiger partial charge in [0.05, 0.1) is 5.54 Å². The highest BCUT2D eigenvalue weighted by Gasteiger charge is 2.55. The van der Waals surface area contributed by atoms with Gasteiger partial charge in [0, 0.05) is 17.9 Å². The minimum atomic E-state index is -0.900. The second kappa shape index (κ2) is 8.75. The Kier molecular flexibility index (Phi) is 6.31. The van der Waals surface area contributed by atoms with Gasteiger partial charge in [-0.1, -0.05) is 50.2 Å². The summed E-state index contributed by atoms with van der Waals surface area (Å²) in [6.45, 7) is 8.49. The number of urea groups is 2. The topological polar surface area (TPSA) is 76.1 Å². The number of nitrogens with one attached hydrogen (secondary N) is 1. The van der Waals surface area contributed by atoms with E-state index in [0.29, 0.717) is 28.9 Å². The molecule has 0 bridgehead atoms. The predicted molar refractivity (Wildman–Crippen MR) is 117 cm³/mol. The molecule has 30 heavy (non-hydrogen) atoms. The van der Waals surface area contributed by atoms with Crippen LogP contribution in [0, 0.1) is 5.92 Å². The quantitative estimate of drug-likeness (QED) is 0.520. The summed E-state index contributed by atoms with van der Waals surface area (Å²) in [4.78, 5) is 29.5. The van der Waals surface area contributed by atoms with E-state index in [-0.39, 0.29) is 6.03 Å². The molecule has 1 aliphatic rings. The molecular formula is C23H30N4O3. The van der Waals surface area contributed by atoms with Crippen LogP contribution in [0.3, 0.4) is 0 Å². The van der Waals surface area contributed by atoms with Gasteiger partial charge < -0.3 is 10.2 Å². The van der Waals surface area contributed by atoms with Gasteiger partial charge >= 0.3 is 12.1 Å². The summed E-state index contributed by atoms with van der Waals surface area (Å²) >= 11 is 0. The van der Waals surface area contributed by atoms with Crippen molar-refractivity contribution in [3.63, 3.8) is 0 Å². The molecule has 0 spiro atoms. The SMILES string of the molecule is CC(C)CCN1C(=O)N(c2ccccc2)C(N(O)C(=O)Nc2ccccc2)C1(C)C. The van der Waals surface area contributed by atoms with Crippen molar-refractivity contribution in [1.82, 2.24) is 9.96 Å². The average Bonchev–Trinajstić information content (AvgIpc) is 2.92. The molecular weight excluding hydrogens is 380 g/mol. The third-order valence-electron chi connectivity index (χ3n) is 5.44. The molecule has 0 radical (unpaired) electrons. The molecule has 1 unspecified atom stereocenters. The number of carbonyl (C=O) groups excluding carboxylic acids is 2. The highest BCUT2D eigenvalue weighted by Crippen LogP contribution is 2.38. The Morgan fingerprint density at radius 3 is 2.23 bits per heavy atom. The maximum atomic E-state index is 13.4. The van der Waals surface area contributed by atoms with Crippen LogP contribution in [0.1, 0.15) is 34.1 Å². The van der Waals surface area contributed by atoms with Crippen molar-refractivity contribution in [2.75, 3.05) is 16.8 Å². The molecule has 0 aromatic heterocycles. The minimum absolute atomic E-state index is 0.233. The largest absolute Gasteiger partial charge is 0.347 e. The second-order valence-electron chi connectivity index (χ2n) is 8.49. The summed E-state index contributed by atoms with van der Waals surface area (Å²) in [6.07, 6.45) is -0.0742. The van der Waals surface area contributed by atoms with Crippen molar-refractivity contribution in [3.8, 4) is 0 Å². The summed E-state index contributed by atoms with van der Waals surface area (Å²) in [5.74, 6) is 0.421. The van der Waals surface area contributed by atoms with Crippen molar-refractivity contribution in [2.24, 2.45) is 5.92 Å². The fourth-order valence-corrected chi connectivity index (χ4v) is 3.77. The number of hydroxylamine groups is 2. The predicted octanol–water partition coefficient (Wildman–Crippen LogP) is 5.00. The van der Waals surface area contributed by atoms with E-state index in [0.717, 1.165) is 6.42 Å². The molecule has 1 fully saturated rings. The Hall–Kier alpha value is -3.06. The molecule has 1 saturated heterocycles. The molecule has 4 amide bonds. The van der Waals surface area contributed by atoms with E-state index in [1.807, 2.05) is 38.1 Å². The van der Waals surface area contributed by atoms with Crippen molar-refractivity contribution >= 4 is 23.4 Å². The Bertz CT molecular complexity index is 871. The second-order valence-corrected chi connectivity index (χ2v) is 8.49. The van der Waals surface area contributed by atoms with Gasteiger partial charge in [-0.25, -0.2) is 9.59 Å². The summed E-state index contributed by atoms with van der Waals surface area (Å²) < 4.78 is 0. The summed E-state index contributed by atoms with van der Waals surface area (Å²) in [7, 11) is 0. The smallest absolute Gasteiger partial charge is 0.315 e. The highest BCUT2D eigenvalue weighted by molar-refractivity contribution is 5.98. The first-order valence-electron chi connectivity index (χ1n) is 10.2. The van der Waals surface area contributed by atoms with Crippen LogP contribution in [0.25, 0.3) is 0 Å². The summed E-state index contributed by atoms with van der Waals surface area (Å²) in [6, 6.07) is 17.1. The lowest BCUT2D eigenvalue weighted by Crippen LogP contribution is -2.58. The Labute approximate surface area is 177 Å². The molecule has 1 aliphatic heterocycles. The highest BCUT2D eigenvalue weighted by atomic mass is 16.5. The number of nitrogens with zero attached hydrogens (tertiary/aromatic N) is 3. The Balaban J connectivity index is 1.94. The molecule has 1 heterocycles. The van der Waals surface area contributed by atoms with Crippen LogP contribution in [0.4, 0.5) is 21.0 Å². The summed E-state index contributed by atoms with van der Waals surface area (Å²) in [5, 5.41) is 14.3. The number of carbonyl (C=O) groups is 2. The first-order chi connectivity index (χ1) is 14.2. The van der Waals surface area contributed by atoms with Crippen LogP contribution in [0.2, 0.25) is 0 Å². The zero-order valence-corrected chi connectivity index (χ0v) is 17.9. The molecule has 0 aliphatic carbocycles. The fourth-order valence-electron chi connectivity index (χ4n) is 3.77. The van der Waals surface area contributed by atoms with E-state index in [1.165, 1.54) is 4.90 Å². The number of rotatable bonds is 6. The van der Waals surface area contributed by atoms with Crippen LogP contribution < -0.4 is 10.2 Å². The molecule has 7 nitrogen and oxygen atoms in total. The maximum absolute atomic E-state index is 13.4. The van der Waals surface area contributed by atoms with Crippen molar-refractivity contribution < 1.29 is 14.8 Å². The third kappa shape index (κ3) is 4.26. The minimum Gasteiger partial charge on any atom is -0.315 e. The van der Waals surface area contributed by atoms with Crippen LogP contribution in [-0.4, -0.2) is 45.5 Å². The first kappa shape index (κ1) is 21.6. The van der Waals surface area contributed by atoms with Gasteiger partial charge in [0.1, 0.15) is 0 Å². The maximum Gasteiger partial charge on any atom is 0.347 e. The van der Waals surface area contributed by atoms with E-state index < -0.39 is 17.7 Å². The van der Waals surface area contributed by atoms with E-state index in [4.69, 9.17) is 0 Å². The van der Waals surface area contributed by atoms with Crippen LogP contribution >= 0.6 is 0 Å². The van der Waals surface area contributed by atoms with Crippen molar-refractivity contribution in [2.45, 2.75) is 45.8 Å². The third-order valence-corrected chi connectivity index (χ3v) is 5.44. The molecule has 2 N–H and O–H groups in total. The Morgan fingerprint density at radius 2 is 1.67 bits per heavy atom.